The van der Waals surface area contributed by atoms with E-state index in [0.717, 1.165) is 51.9 Å². The number of ether oxygens (including phenoxy) is 1. The minimum atomic E-state index is -0.652. The summed E-state index contributed by atoms with van der Waals surface area (Å²) in [4.78, 5) is 0. The zero-order chi connectivity index (χ0) is 21.4. The zero-order valence-electron chi connectivity index (χ0n) is 17.9. The van der Waals surface area contributed by atoms with Crippen LogP contribution in [0.5, 0.6) is 5.75 Å². The molecule has 2 aromatic carbocycles. The predicted molar refractivity (Wildman–Crippen MR) is 121 cm³/mol. The maximum Gasteiger partial charge on any atom is 0.121 e. The van der Waals surface area contributed by atoms with Crippen molar-refractivity contribution in [1.82, 2.24) is 5.32 Å². The molecule has 4 N–H and O–H groups in total. The zero-order valence-corrected chi connectivity index (χ0v) is 17.9. The molecule has 5 nitrogen and oxygen atoms in total. The first kappa shape index (κ1) is 24.4. The minimum Gasteiger partial charge on any atom is -0.508 e. The van der Waals surface area contributed by atoms with Crippen molar-refractivity contribution < 1.29 is 20.1 Å². The van der Waals surface area contributed by atoms with E-state index in [1.54, 1.807) is 12.1 Å². The molecule has 0 fully saturated rings. The number of aromatic hydroxyl groups is 1. The molecule has 0 aromatic heterocycles. The van der Waals surface area contributed by atoms with Gasteiger partial charge in [0.15, 0.2) is 0 Å². The fourth-order valence-electron chi connectivity index (χ4n) is 3.38. The Morgan fingerprint density at radius 2 is 1.60 bits per heavy atom. The summed E-state index contributed by atoms with van der Waals surface area (Å²) in [5.41, 5.74) is 2.54. The molecule has 1 unspecified atom stereocenters. The van der Waals surface area contributed by atoms with Crippen LogP contribution in [-0.4, -0.2) is 41.6 Å². The SMILES string of the molecule is OCc1cc(C(O)CNCCCCCOCCCCCc2ccccc2)ccc1O. The van der Waals surface area contributed by atoms with Crippen molar-refractivity contribution in [1.29, 1.82) is 0 Å². The van der Waals surface area contributed by atoms with E-state index in [0.29, 0.717) is 17.7 Å². The molecule has 0 bridgehead atoms. The second-order valence-corrected chi connectivity index (χ2v) is 7.74. The quantitative estimate of drug-likeness (QED) is 0.310. The lowest BCUT2D eigenvalue weighted by Crippen LogP contribution is -2.22. The molecule has 30 heavy (non-hydrogen) atoms. The maximum atomic E-state index is 10.2. The van der Waals surface area contributed by atoms with Crippen LogP contribution in [0.3, 0.4) is 0 Å². The lowest BCUT2D eigenvalue weighted by Gasteiger charge is -2.14. The van der Waals surface area contributed by atoms with Gasteiger partial charge >= 0.3 is 0 Å². The number of aliphatic hydroxyl groups excluding tert-OH is 2. The number of hydrogen-bond donors (Lipinski definition) is 4. The molecule has 2 rings (SSSR count). The van der Waals surface area contributed by atoms with E-state index in [2.05, 4.69) is 35.6 Å². The summed E-state index contributed by atoms with van der Waals surface area (Å²) in [6.45, 7) is 2.73. The summed E-state index contributed by atoms with van der Waals surface area (Å²) in [6, 6.07) is 15.5. The number of rotatable bonds is 16. The summed E-state index contributed by atoms with van der Waals surface area (Å²) < 4.78 is 5.72. The topological polar surface area (TPSA) is 82.0 Å². The van der Waals surface area contributed by atoms with Gasteiger partial charge in [0.25, 0.3) is 0 Å². The van der Waals surface area contributed by atoms with E-state index in [-0.39, 0.29) is 12.4 Å². The van der Waals surface area contributed by atoms with Crippen LogP contribution < -0.4 is 5.32 Å². The van der Waals surface area contributed by atoms with Gasteiger partial charge in [-0.2, -0.15) is 0 Å². The highest BCUT2D eigenvalue weighted by atomic mass is 16.5. The van der Waals surface area contributed by atoms with Crippen LogP contribution in [0.1, 0.15) is 61.3 Å². The number of aliphatic hydroxyl groups is 2. The van der Waals surface area contributed by atoms with Crippen LogP contribution in [0.25, 0.3) is 0 Å². The first-order valence-electron chi connectivity index (χ1n) is 11.1. The molecule has 166 valence electrons. The third kappa shape index (κ3) is 9.72. The Balaban J connectivity index is 1.39. The third-order valence-corrected chi connectivity index (χ3v) is 5.24. The van der Waals surface area contributed by atoms with Crippen molar-refractivity contribution in [2.75, 3.05) is 26.3 Å². The number of unbranched alkanes of at least 4 members (excludes halogenated alkanes) is 4. The number of hydrogen-bond acceptors (Lipinski definition) is 5. The standard InChI is InChI=1S/C25H37NO4/c27-20-23-18-22(13-14-24(23)28)25(29)19-26-15-7-3-9-17-30-16-8-2-6-12-21-10-4-1-5-11-21/h1,4-5,10-11,13-14,18,25-29H,2-3,6-9,12,15-17,19-20H2. The Kier molecular flexibility index (Phi) is 12.1. The summed E-state index contributed by atoms with van der Waals surface area (Å²) in [6.07, 6.45) is 7.26. The number of nitrogens with one attached hydrogen (secondary N) is 1. The summed E-state index contributed by atoms with van der Waals surface area (Å²) in [5.74, 6) is 0.0517. The lowest BCUT2D eigenvalue weighted by atomic mass is 10.1. The van der Waals surface area contributed by atoms with E-state index in [1.165, 1.54) is 24.5 Å². The summed E-state index contributed by atoms with van der Waals surface area (Å²) in [7, 11) is 0. The second-order valence-electron chi connectivity index (χ2n) is 7.74. The Hall–Kier alpha value is -1.92. The monoisotopic (exact) mass is 415 g/mol. The fraction of sp³-hybridized carbons (Fsp3) is 0.520. The lowest BCUT2D eigenvalue weighted by molar-refractivity contribution is 0.125. The van der Waals surface area contributed by atoms with E-state index >= 15 is 0 Å². The van der Waals surface area contributed by atoms with E-state index in [1.807, 2.05) is 0 Å². The van der Waals surface area contributed by atoms with Gasteiger partial charge in [-0.3, -0.25) is 0 Å². The van der Waals surface area contributed by atoms with Crippen molar-refractivity contribution in [2.45, 2.75) is 57.7 Å². The normalized spacial score (nSPS) is 12.2. The smallest absolute Gasteiger partial charge is 0.121 e. The molecule has 5 heteroatoms. The van der Waals surface area contributed by atoms with Gasteiger partial charge in [-0.1, -0.05) is 42.8 Å². The van der Waals surface area contributed by atoms with Gasteiger partial charge in [0.05, 0.1) is 12.7 Å². The van der Waals surface area contributed by atoms with Crippen molar-refractivity contribution in [3.05, 3.63) is 65.2 Å². The van der Waals surface area contributed by atoms with Crippen LogP contribution in [0.15, 0.2) is 48.5 Å². The summed E-state index contributed by atoms with van der Waals surface area (Å²) in [5, 5.41) is 32.2. The molecule has 0 saturated heterocycles. The van der Waals surface area contributed by atoms with Crippen LogP contribution in [0, 0.1) is 0 Å². The Labute approximate surface area is 180 Å². The molecule has 0 aliphatic carbocycles. The van der Waals surface area contributed by atoms with Gasteiger partial charge in [0, 0.05) is 25.3 Å². The molecular formula is C25H37NO4. The van der Waals surface area contributed by atoms with Gasteiger partial charge in [-0.15, -0.1) is 0 Å². The molecule has 2 aromatic rings. The molecular weight excluding hydrogens is 378 g/mol. The van der Waals surface area contributed by atoms with Gasteiger partial charge in [-0.25, -0.2) is 0 Å². The highest BCUT2D eigenvalue weighted by molar-refractivity contribution is 5.36. The number of benzene rings is 2. The molecule has 0 radical (unpaired) electrons. The van der Waals surface area contributed by atoms with Crippen molar-refractivity contribution in [3.63, 3.8) is 0 Å². The molecule has 0 heterocycles. The van der Waals surface area contributed by atoms with Crippen LogP contribution >= 0.6 is 0 Å². The van der Waals surface area contributed by atoms with Crippen molar-refractivity contribution in [2.24, 2.45) is 0 Å². The van der Waals surface area contributed by atoms with Gasteiger partial charge in [-0.05, 0) is 68.3 Å². The van der Waals surface area contributed by atoms with E-state index in [9.17, 15) is 15.3 Å². The molecule has 0 aliphatic heterocycles. The van der Waals surface area contributed by atoms with E-state index in [4.69, 9.17) is 4.74 Å². The van der Waals surface area contributed by atoms with Crippen LogP contribution in [-0.2, 0) is 17.8 Å². The maximum absolute atomic E-state index is 10.2. The Morgan fingerprint density at radius 3 is 2.33 bits per heavy atom. The van der Waals surface area contributed by atoms with Gasteiger partial charge in [0.1, 0.15) is 5.75 Å². The number of aryl methyl sites for hydroxylation is 1. The molecule has 0 aliphatic rings. The largest absolute Gasteiger partial charge is 0.508 e. The van der Waals surface area contributed by atoms with Gasteiger partial charge < -0.3 is 25.4 Å². The highest BCUT2D eigenvalue weighted by Gasteiger charge is 2.09. The average molecular weight is 416 g/mol. The molecule has 0 amide bonds. The Bertz CT molecular complexity index is 693. The van der Waals surface area contributed by atoms with Gasteiger partial charge in [0.2, 0.25) is 0 Å². The fourth-order valence-corrected chi connectivity index (χ4v) is 3.38. The molecule has 0 spiro atoms. The predicted octanol–water partition coefficient (Wildman–Crippen LogP) is 4.11. The van der Waals surface area contributed by atoms with Crippen molar-refractivity contribution >= 4 is 0 Å². The molecule has 0 saturated carbocycles. The summed E-state index contributed by atoms with van der Waals surface area (Å²) >= 11 is 0. The first-order valence-corrected chi connectivity index (χ1v) is 11.1. The van der Waals surface area contributed by atoms with E-state index < -0.39 is 6.10 Å². The third-order valence-electron chi connectivity index (χ3n) is 5.24. The average Bonchev–Trinajstić information content (AvgIpc) is 2.77. The van der Waals surface area contributed by atoms with Crippen LogP contribution in [0.2, 0.25) is 0 Å². The number of phenols is 1. The molecule has 1 atom stereocenters. The van der Waals surface area contributed by atoms with Crippen molar-refractivity contribution in [3.8, 4) is 5.75 Å². The highest BCUT2D eigenvalue weighted by Crippen LogP contribution is 2.22. The second kappa shape index (κ2) is 15.0. The minimum absolute atomic E-state index is 0.0517. The Morgan fingerprint density at radius 1 is 0.867 bits per heavy atom. The first-order chi connectivity index (χ1) is 14.7. The van der Waals surface area contributed by atoms with Crippen LogP contribution in [0.4, 0.5) is 0 Å².